The van der Waals surface area contributed by atoms with E-state index in [4.69, 9.17) is 15.6 Å². The largest absolute Gasteiger partial charge is 0.490 e. The number of carboxylic acid groups (broad SMARTS) is 1. The van der Waals surface area contributed by atoms with Crippen molar-refractivity contribution < 1.29 is 41.8 Å². The molecule has 0 aromatic heterocycles. The lowest BCUT2D eigenvalue weighted by Crippen LogP contribution is -2.46. The van der Waals surface area contributed by atoms with Crippen molar-refractivity contribution in [2.24, 2.45) is 5.73 Å². The Hall–Kier alpha value is -3.02. The van der Waals surface area contributed by atoms with Crippen LogP contribution >= 0.6 is 0 Å². The second kappa shape index (κ2) is 13.0. The second-order valence-corrected chi connectivity index (χ2v) is 8.22. The number of Topliss-reactive ketones (excluding diaryl/α,β-unsaturated/α-hetero) is 1. The first-order valence-electron chi connectivity index (χ1n) is 10.6. The van der Waals surface area contributed by atoms with Gasteiger partial charge in [-0.25, -0.2) is 9.18 Å². The highest BCUT2D eigenvalue weighted by molar-refractivity contribution is 5.93. The zero-order chi connectivity index (χ0) is 25.9. The first kappa shape index (κ1) is 29.0. The van der Waals surface area contributed by atoms with E-state index >= 15 is 0 Å². The van der Waals surface area contributed by atoms with Crippen molar-refractivity contribution in [1.29, 1.82) is 0 Å². The molecule has 1 fully saturated rings. The Kier molecular flexibility index (Phi) is 11.1. The molecule has 2 amide bonds. The molecule has 34 heavy (non-hydrogen) atoms. The lowest BCUT2D eigenvalue weighted by molar-refractivity contribution is -0.192. The monoisotopic (exact) mass is 491 g/mol. The van der Waals surface area contributed by atoms with Crippen LogP contribution in [-0.4, -0.2) is 53.0 Å². The van der Waals surface area contributed by atoms with Crippen LogP contribution in [0.4, 0.5) is 17.6 Å². The number of hydrogen-bond donors (Lipinski definition) is 4. The van der Waals surface area contributed by atoms with E-state index in [1.54, 1.807) is 12.1 Å². The Morgan fingerprint density at radius 2 is 1.65 bits per heavy atom. The Morgan fingerprint density at radius 1 is 1.09 bits per heavy atom. The number of carbonyl (C=O) groups excluding carboxylic acids is 3. The van der Waals surface area contributed by atoms with E-state index in [0.29, 0.717) is 19.4 Å². The standard InChI is InChI=1S/C20H28FN3O3.C2HF3O2/c1-20(10-11-20)24-19(27)13-16(17(25)3-2-12-22)23-18(26)9-6-14-4-7-15(21)8-5-14;3-2(4,5)1(6)7/h4-5,7-8,16H,2-3,6,9-13,22H2,1H3,(H,23,26)(H,24,27);(H,6,7)/t16-;/m0./s1. The summed E-state index contributed by atoms with van der Waals surface area (Å²) >= 11 is 0. The maximum Gasteiger partial charge on any atom is 0.490 e. The zero-order valence-electron chi connectivity index (χ0n) is 18.7. The van der Waals surface area contributed by atoms with E-state index in [0.717, 1.165) is 18.4 Å². The van der Waals surface area contributed by atoms with Gasteiger partial charge in [0.25, 0.3) is 0 Å². The number of rotatable bonds is 11. The fraction of sp³-hybridized carbons (Fsp3) is 0.545. The molecule has 1 aromatic carbocycles. The van der Waals surface area contributed by atoms with Gasteiger partial charge in [0.05, 0.1) is 12.5 Å². The van der Waals surface area contributed by atoms with Crippen LogP contribution in [0, 0.1) is 5.82 Å². The molecular weight excluding hydrogens is 462 g/mol. The maximum absolute atomic E-state index is 12.9. The average molecular weight is 491 g/mol. The molecule has 1 aromatic rings. The lowest BCUT2D eigenvalue weighted by Gasteiger charge is -2.19. The summed E-state index contributed by atoms with van der Waals surface area (Å²) in [4.78, 5) is 45.7. The topological polar surface area (TPSA) is 139 Å². The quantitative estimate of drug-likeness (QED) is 0.350. The molecule has 12 heteroatoms. The number of halogens is 4. The summed E-state index contributed by atoms with van der Waals surface area (Å²) in [7, 11) is 0. The van der Waals surface area contributed by atoms with Gasteiger partial charge in [-0.15, -0.1) is 0 Å². The smallest absolute Gasteiger partial charge is 0.475 e. The second-order valence-electron chi connectivity index (χ2n) is 8.22. The molecule has 1 aliphatic carbocycles. The molecule has 1 saturated carbocycles. The molecule has 2 rings (SSSR count). The van der Waals surface area contributed by atoms with Crippen LogP contribution in [0.3, 0.4) is 0 Å². The molecule has 0 unspecified atom stereocenters. The van der Waals surface area contributed by atoms with Gasteiger partial charge in [0.15, 0.2) is 5.78 Å². The van der Waals surface area contributed by atoms with Crippen LogP contribution in [-0.2, 0) is 25.6 Å². The molecule has 0 radical (unpaired) electrons. The van der Waals surface area contributed by atoms with Crippen LogP contribution in [0.15, 0.2) is 24.3 Å². The molecule has 8 nitrogen and oxygen atoms in total. The molecule has 0 spiro atoms. The van der Waals surface area contributed by atoms with Gasteiger partial charge in [0.2, 0.25) is 11.8 Å². The summed E-state index contributed by atoms with van der Waals surface area (Å²) in [5, 5.41) is 12.7. The number of benzene rings is 1. The van der Waals surface area contributed by atoms with Gasteiger partial charge in [-0.1, -0.05) is 12.1 Å². The van der Waals surface area contributed by atoms with Crippen molar-refractivity contribution >= 4 is 23.6 Å². The fourth-order valence-corrected chi connectivity index (χ4v) is 2.76. The number of nitrogens with one attached hydrogen (secondary N) is 2. The van der Waals surface area contributed by atoms with Crippen molar-refractivity contribution in [1.82, 2.24) is 10.6 Å². The van der Waals surface area contributed by atoms with Gasteiger partial charge in [-0.2, -0.15) is 13.2 Å². The van der Waals surface area contributed by atoms with Crippen molar-refractivity contribution in [3.8, 4) is 0 Å². The van der Waals surface area contributed by atoms with E-state index in [9.17, 15) is 31.9 Å². The van der Waals surface area contributed by atoms with Crippen molar-refractivity contribution in [3.05, 3.63) is 35.6 Å². The molecular formula is C22H29F4N3O5. The Balaban J connectivity index is 0.000000718. The van der Waals surface area contributed by atoms with Gasteiger partial charge in [-0.05, 0) is 56.8 Å². The molecule has 1 aliphatic rings. The third kappa shape index (κ3) is 11.7. The first-order valence-corrected chi connectivity index (χ1v) is 10.6. The SMILES string of the molecule is CC1(NC(=O)C[C@H](NC(=O)CCc2ccc(F)cc2)C(=O)CCCN)CC1.O=C(O)C(F)(F)F. The van der Waals surface area contributed by atoms with Gasteiger partial charge in [0.1, 0.15) is 5.82 Å². The van der Waals surface area contributed by atoms with E-state index < -0.39 is 18.2 Å². The normalized spacial score (nSPS) is 14.8. The van der Waals surface area contributed by atoms with Crippen LogP contribution < -0.4 is 16.4 Å². The fourth-order valence-electron chi connectivity index (χ4n) is 2.76. The highest BCUT2D eigenvalue weighted by Crippen LogP contribution is 2.34. The molecule has 1 atom stereocenters. The number of hydrogen-bond acceptors (Lipinski definition) is 5. The number of nitrogens with two attached hydrogens (primary N) is 1. The number of ketones is 1. The average Bonchev–Trinajstić information content (AvgIpc) is 3.47. The summed E-state index contributed by atoms with van der Waals surface area (Å²) in [5.74, 6) is -3.82. The van der Waals surface area contributed by atoms with Crippen LogP contribution in [0.25, 0.3) is 0 Å². The highest BCUT2D eigenvalue weighted by Gasteiger charge is 2.39. The van der Waals surface area contributed by atoms with E-state index in [2.05, 4.69) is 10.6 Å². The Labute approximate surface area is 194 Å². The molecule has 0 aliphatic heterocycles. The highest BCUT2D eigenvalue weighted by atomic mass is 19.4. The third-order valence-corrected chi connectivity index (χ3v) is 4.98. The minimum absolute atomic E-state index is 0.0682. The summed E-state index contributed by atoms with van der Waals surface area (Å²) in [5.41, 5.74) is 6.11. The number of aliphatic carboxylic acids is 1. The number of carboxylic acids is 1. The zero-order valence-corrected chi connectivity index (χ0v) is 18.7. The van der Waals surface area contributed by atoms with Crippen LogP contribution in [0.2, 0.25) is 0 Å². The molecule has 0 heterocycles. The van der Waals surface area contributed by atoms with Gasteiger partial charge in [0, 0.05) is 18.4 Å². The number of carbonyl (C=O) groups is 4. The number of aryl methyl sites for hydroxylation is 1. The van der Waals surface area contributed by atoms with Gasteiger partial charge < -0.3 is 21.5 Å². The third-order valence-electron chi connectivity index (χ3n) is 4.98. The van der Waals surface area contributed by atoms with Crippen molar-refractivity contribution in [3.63, 3.8) is 0 Å². The van der Waals surface area contributed by atoms with Gasteiger partial charge in [-0.3, -0.25) is 14.4 Å². The van der Waals surface area contributed by atoms with Crippen LogP contribution in [0.5, 0.6) is 0 Å². The lowest BCUT2D eigenvalue weighted by atomic mass is 10.0. The molecule has 5 N–H and O–H groups in total. The van der Waals surface area contributed by atoms with Gasteiger partial charge >= 0.3 is 12.1 Å². The number of amides is 2. The first-order chi connectivity index (χ1) is 15.8. The minimum atomic E-state index is -5.08. The maximum atomic E-state index is 12.9. The van der Waals surface area contributed by atoms with Crippen molar-refractivity contribution in [2.75, 3.05) is 6.54 Å². The van der Waals surface area contributed by atoms with E-state index in [1.165, 1.54) is 12.1 Å². The van der Waals surface area contributed by atoms with Crippen LogP contribution in [0.1, 0.15) is 51.0 Å². The Bertz CT molecular complexity index is 855. The molecule has 0 saturated heterocycles. The van der Waals surface area contributed by atoms with E-state index in [1.807, 2.05) is 6.92 Å². The minimum Gasteiger partial charge on any atom is -0.475 e. The molecule has 0 bridgehead atoms. The number of alkyl halides is 3. The summed E-state index contributed by atoms with van der Waals surface area (Å²) in [6, 6.07) is 5.08. The molecule has 190 valence electrons. The summed E-state index contributed by atoms with van der Waals surface area (Å²) in [6.07, 6.45) is -1.97. The predicted octanol–water partition coefficient (Wildman–Crippen LogP) is 2.24. The van der Waals surface area contributed by atoms with E-state index in [-0.39, 0.29) is 48.2 Å². The van der Waals surface area contributed by atoms with Crippen molar-refractivity contribution in [2.45, 2.75) is 69.6 Å². The Morgan fingerprint density at radius 3 is 2.12 bits per heavy atom. The summed E-state index contributed by atoms with van der Waals surface area (Å²) in [6.45, 7) is 2.33. The predicted molar refractivity (Wildman–Crippen MR) is 114 cm³/mol. The summed E-state index contributed by atoms with van der Waals surface area (Å²) < 4.78 is 44.7.